The zero-order chi connectivity index (χ0) is 15.6. The summed E-state index contributed by atoms with van der Waals surface area (Å²) < 4.78 is 39.2. The first-order valence-electron chi connectivity index (χ1n) is 6.60. The summed E-state index contributed by atoms with van der Waals surface area (Å²) in [5.41, 5.74) is 6.46. The fraction of sp³-hybridized carbons (Fsp3) is 0.429. The van der Waals surface area contributed by atoms with Gasteiger partial charge in [0.1, 0.15) is 5.69 Å². The van der Waals surface area contributed by atoms with Crippen LogP contribution < -0.4 is 5.73 Å². The molecule has 0 fully saturated rings. The van der Waals surface area contributed by atoms with Gasteiger partial charge in [-0.2, -0.15) is 13.2 Å². The van der Waals surface area contributed by atoms with E-state index in [1.54, 1.807) is 10.8 Å². The van der Waals surface area contributed by atoms with Gasteiger partial charge < -0.3 is 10.3 Å². The van der Waals surface area contributed by atoms with Crippen LogP contribution in [0.5, 0.6) is 0 Å². The van der Waals surface area contributed by atoms with E-state index in [9.17, 15) is 13.2 Å². The van der Waals surface area contributed by atoms with Crippen molar-refractivity contribution in [3.8, 4) is 5.69 Å². The first-order chi connectivity index (χ1) is 9.79. The van der Waals surface area contributed by atoms with Crippen molar-refractivity contribution in [1.82, 2.24) is 14.5 Å². The Morgan fingerprint density at radius 1 is 1.24 bits per heavy atom. The molecule has 0 aliphatic carbocycles. The Morgan fingerprint density at radius 3 is 2.48 bits per heavy atom. The third kappa shape index (κ3) is 3.60. The van der Waals surface area contributed by atoms with Gasteiger partial charge in [0.15, 0.2) is 0 Å². The van der Waals surface area contributed by atoms with Crippen LogP contribution in [0.1, 0.15) is 37.7 Å². The molecule has 2 heterocycles. The van der Waals surface area contributed by atoms with Gasteiger partial charge in [-0.3, -0.25) is 0 Å². The molecule has 0 aliphatic rings. The third-order valence-electron chi connectivity index (χ3n) is 3.09. The summed E-state index contributed by atoms with van der Waals surface area (Å²) in [5.74, 6) is 0.411. The summed E-state index contributed by atoms with van der Waals surface area (Å²) in [5, 5.41) is 0. The molecule has 7 heteroatoms. The number of nitrogens with two attached hydrogens (primary N) is 1. The molecule has 2 rings (SSSR count). The van der Waals surface area contributed by atoms with Crippen LogP contribution in [0.25, 0.3) is 5.69 Å². The monoisotopic (exact) mass is 298 g/mol. The number of hydrogen-bond donors (Lipinski definition) is 1. The van der Waals surface area contributed by atoms with Crippen molar-refractivity contribution in [2.45, 2.75) is 32.5 Å². The first-order valence-corrected chi connectivity index (χ1v) is 6.60. The second-order valence-corrected chi connectivity index (χ2v) is 5.32. The van der Waals surface area contributed by atoms with Gasteiger partial charge in [0, 0.05) is 6.04 Å². The smallest absolute Gasteiger partial charge is 0.323 e. The van der Waals surface area contributed by atoms with Crippen LogP contribution in [-0.2, 0) is 6.18 Å². The van der Waals surface area contributed by atoms with Crippen LogP contribution >= 0.6 is 0 Å². The lowest BCUT2D eigenvalue weighted by Crippen LogP contribution is -2.17. The number of rotatable bonds is 4. The fourth-order valence-corrected chi connectivity index (χ4v) is 2.12. The summed E-state index contributed by atoms with van der Waals surface area (Å²) in [4.78, 5) is 7.48. The molecule has 0 saturated carbocycles. The largest absolute Gasteiger partial charge is 0.433 e. The third-order valence-corrected chi connectivity index (χ3v) is 3.09. The van der Waals surface area contributed by atoms with E-state index in [1.165, 1.54) is 18.6 Å². The summed E-state index contributed by atoms with van der Waals surface area (Å²) in [6, 6.07) is 2.09. The van der Waals surface area contributed by atoms with Crippen molar-refractivity contribution < 1.29 is 13.2 Å². The molecule has 0 aliphatic heterocycles. The minimum atomic E-state index is -4.44. The molecule has 0 amide bonds. The van der Waals surface area contributed by atoms with E-state index in [1.807, 2.05) is 0 Å². The number of aromatic nitrogens is 3. The van der Waals surface area contributed by atoms with Gasteiger partial charge in [-0.15, -0.1) is 0 Å². The maximum Gasteiger partial charge on any atom is 0.433 e. The van der Waals surface area contributed by atoms with Crippen molar-refractivity contribution in [2.75, 3.05) is 0 Å². The van der Waals surface area contributed by atoms with Crippen molar-refractivity contribution in [2.24, 2.45) is 11.7 Å². The van der Waals surface area contributed by atoms with E-state index >= 15 is 0 Å². The zero-order valence-electron chi connectivity index (χ0n) is 11.8. The number of nitrogens with zero attached hydrogens (tertiary/aromatic N) is 3. The number of halogens is 3. The highest BCUT2D eigenvalue weighted by atomic mass is 19.4. The summed E-state index contributed by atoms with van der Waals surface area (Å²) >= 11 is 0. The standard InChI is InChI=1S/C14H17F3N4/c1-9(2)5-11(18)12-7-19-8-21(12)10-3-4-13(20-6-10)14(15,16)17/h3-4,6-9,11H,5,18H2,1-2H3. The Labute approximate surface area is 120 Å². The molecule has 21 heavy (non-hydrogen) atoms. The van der Waals surface area contributed by atoms with Gasteiger partial charge in [-0.05, 0) is 24.5 Å². The average Bonchev–Trinajstić information content (AvgIpc) is 2.86. The average molecular weight is 298 g/mol. The molecule has 2 aromatic rings. The maximum absolute atomic E-state index is 12.5. The predicted octanol–water partition coefficient (Wildman–Crippen LogP) is 3.33. The lowest BCUT2D eigenvalue weighted by atomic mass is 10.0. The van der Waals surface area contributed by atoms with Gasteiger partial charge >= 0.3 is 6.18 Å². The fourth-order valence-electron chi connectivity index (χ4n) is 2.12. The molecule has 114 valence electrons. The Morgan fingerprint density at radius 2 is 1.95 bits per heavy atom. The van der Waals surface area contributed by atoms with Crippen LogP contribution in [0.4, 0.5) is 13.2 Å². The van der Waals surface area contributed by atoms with E-state index in [-0.39, 0.29) is 6.04 Å². The van der Waals surface area contributed by atoms with Crippen LogP contribution in [-0.4, -0.2) is 14.5 Å². The molecule has 0 aromatic carbocycles. The SMILES string of the molecule is CC(C)CC(N)c1cncn1-c1ccc(C(F)(F)F)nc1. The molecule has 0 spiro atoms. The Kier molecular flexibility index (Phi) is 4.32. The first kappa shape index (κ1) is 15.5. The molecular weight excluding hydrogens is 281 g/mol. The molecule has 2 aromatic heterocycles. The summed E-state index contributed by atoms with van der Waals surface area (Å²) in [6.45, 7) is 4.11. The normalized spacial score (nSPS) is 13.7. The summed E-state index contributed by atoms with van der Waals surface area (Å²) in [7, 11) is 0. The topological polar surface area (TPSA) is 56.7 Å². The van der Waals surface area contributed by atoms with E-state index in [2.05, 4.69) is 23.8 Å². The lowest BCUT2D eigenvalue weighted by Gasteiger charge is -2.16. The van der Waals surface area contributed by atoms with Gasteiger partial charge in [0.05, 0.1) is 30.1 Å². The molecule has 0 saturated heterocycles. The van der Waals surface area contributed by atoms with Gasteiger partial charge in [0.25, 0.3) is 0 Å². The van der Waals surface area contributed by atoms with E-state index in [0.29, 0.717) is 11.6 Å². The number of hydrogen-bond acceptors (Lipinski definition) is 3. The molecular formula is C14H17F3N4. The quantitative estimate of drug-likeness (QED) is 0.942. The molecule has 0 radical (unpaired) electrons. The Hall–Kier alpha value is -1.89. The predicted molar refractivity (Wildman–Crippen MR) is 72.7 cm³/mol. The van der Waals surface area contributed by atoms with Crippen LogP contribution in [0.3, 0.4) is 0 Å². The Bertz CT molecular complexity index is 587. The second-order valence-electron chi connectivity index (χ2n) is 5.32. The minimum absolute atomic E-state index is 0.227. The van der Waals surface area contributed by atoms with Gasteiger partial charge in [-0.25, -0.2) is 9.97 Å². The molecule has 1 atom stereocenters. The number of imidazole rings is 1. The Balaban J connectivity index is 2.29. The highest BCUT2D eigenvalue weighted by molar-refractivity contribution is 5.33. The molecule has 4 nitrogen and oxygen atoms in total. The van der Waals surface area contributed by atoms with Crippen LogP contribution in [0, 0.1) is 5.92 Å². The van der Waals surface area contributed by atoms with Crippen molar-refractivity contribution >= 4 is 0 Å². The highest BCUT2D eigenvalue weighted by Crippen LogP contribution is 2.28. The van der Waals surface area contributed by atoms with Gasteiger partial charge in [0.2, 0.25) is 0 Å². The summed E-state index contributed by atoms with van der Waals surface area (Å²) in [6.07, 6.45) is 0.657. The molecule has 1 unspecified atom stereocenters. The van der Waals surface area contributed by atoms with Crippen molar-refractivity contribution in [3.05, 3.63) is 42.2 Å². The second kappa shape index (κ2) is 5.85. The number of pyridine rings is 1. The van der Waals surface area contributed by atoms with E-state index in [0.717, 1.165) is 18.2 Å². The minimum Gasteiger partial charge on any atom is -0.323 e. The number of alkyl halides is 3. The van der Waals surface area contributed by atoms with E-state index in [4.69, 9.17) is 5.73 Å². The lowest BCUT2D eigenvalue weighted by molar-refractivity contribution is -0.141. The zero-order valence-corrected chi connectivity index (χ0v) is 11.8. The van der Waals surface area contributed by atoms with Crippen LogP contribution in [0.15, 0.2) is 30.9 Å². The van der Waals surface area contributed by atoms with Crippen molar-refractivity contribution in [1.29, 1.82) is 0 Å². The molecule has 2 N–H and O–H groups in total. The van der Waals surface area contributed by atoms with Gasteiger partial charge in [-0.1, -0.05) is 13.8 Å². The van der Waals surface area contributed by atoms with Crippen molar-refractivity contribution in [3.63, 3.8) is 0 Å². The maximum atomic E-state index is 12.5. The van der Waals surface area contributed by atoms with Crippen LogP contribution in [0.2, 0.25) is 0 Å². The van der Waals surface area contributed by atoms with E-state index < -0.39 is 11.9 Å². The molecule has 0 bridgehead atoms. The highest BCUT2D eigenvalue weighted by Gasteiger charge is 2.32.